The zero-order valence-corrected chi connectivity index (χ0v) is 16.3. The number of esters is 1. The first kappa shape index (κ1) is 19.4. The predicted octanol–water partition coefficient (Wildman–Crippen LogP) is 3.07. The van der Waals surface area contributed by atoms with Gasteiger partial charge in [-0.1, -0.05) is 23.7 Å². The lowest BCUT2D eigenvalue weighted by molar-refractivity contribution is -0.682. The molecule has 0 radical (unpaired) electrons. The van der Waals surface area contributed by atoms with Crippen LogP contribution in [0.4, 0.5) is 5.00 Å². The molecule has 7 heteroatoms. The summed E-state index contributed by atoms with van der Waals surface area (Å²) in [5, 5.41) is 5.99. The second kappa shape index (κ2) is 8.47. The number of hydrogen-bond donors (Lipinski definition) is 2. The predicted molar refractivity (Wildman–Crippen MR) is 100 cm³/mol. The van der Waals surface area contributed by atoms with Crippen molar-refractivity contribution in [2.75, 3.05) is 19.0 Å². The number of thiophene rings is 1. The Balaban J connectivity index is 2.00. The van der Waals surface area contributed by atoms with Crippen molar-refractivity contribution in [3.05, 3.63) is 50.9 Å². The van der Waals surface area contributed by atoms with E-state index in [2.05, 4.69) is 5.32 Å². The molecule has 0 aliphatic rings. The van der Waals surface area contributed by atoms with Crippen molar-refractivity contribution in [2.24, 2.45) is 0 Å². The topological polar surface area (TPSA) is 72.0 Å². The van der Waals surface area contributed by atoms with Crippen LogP contribution in [-0.4, -0.2) is 25.5 Å². The lowest BCUT2D eigenvalue weighted by atomic mass is 10.1. The van der Waals surface area contributed by atoms with Gasteiger partial charge in [0.2, 0.25) is 0 Å². The highest BCUT2D eigenvalue weighted by molar-refractivity contribution is 7.16. The third kappa shape index (κ3) is 4.81. The molecule has 0 unspecified atom stereocenters. The number of ether oxygens (including phenoxy) is 1. The molecule has 0 saturated carbocycles. The van der Waals surface area contributed by atoms with Crippen molar-refractivity contribution in [1.29, 1.82) is 0 Å². The summed E-state index contributed by atoms with van der Waals surface area (Å²) in [5.41, 5.74) is 2.37. The fourth-order valence-electron chi connectivity index (χ4n) is 2.43. The minimum Gasteiger partial charge on any atom is -0.465 e. The minimum absolute atomic E-state index is 0.120. The quantitative estimate of drug-likeness (QED) is 0.755. The first-order valence-electron chi connectivity index (χ1n) is 7.90. The molecule has 1 atom stereocenters. The first-order chi connectivity index (χ1) is 11.8. The summed E-state index contributed by atoms with van der Waals surface area (Å²) in [4.78, 5) is 25.2. The van der Waals surface area contributed by atoms with E-state index < -0.39 is 5.97 Å². The molecule has 0 bridgehead atoms. The summed E-state index contributed by atoms with van der Waals surface area (Å²) in [6.45, 7) is 6.04. The van der Waals surface area contributed by atoms with Crippen molar-refractivity contribution >= 4 is 39.8 Å². The third-order valence-electron chi connectivity index (χ3n) is 4.08. The molecular weight excluding hydrogens is 360 g/mol. The average molecular weight is 382 g/mol. The number of hydrogen-bond acceptors (Lipinski definition) is 4. The Morgan fingerprint density at radius 1 is 1.28 bits per heavy atom. The van der Waals surface area contributed by atoms with Gasteiger partial charge >= 0.3 is 5.97 Å². The van der Waals surface area contributed by atoms with E-state index in [9.17, 15) is 9.59 Å². The van der Waals surface area contributed by atoms with Gasteiger partial charge in [0.15, 0.2) is 6.54 Å². The molecule has 2 aromatic rings. The van der Waals surface area contributed by atoms with Gasteiger partial charge in [0.25, 0.3) is 5.91 Å². The van der Waals surface area contributed by atoms with Gasteiger partial charge in [0.1, 0.15) is 11.0 Å². The third-order valence-corrected chi connectivity index (χ3v) is 5.46. The SMILES string of the molecule is COC(=O)c1c(NC(=O)C[NH2+][C@@H](C)c2ccc(Cl)cc2)sc(C)c1C. The molecule has 1 heterocycles. The Bertz CT molecular complexity index is 771. The molecule has 2 rings (SSSR count). The molecule has 134 valence electrons. The van der Waals surface area contributed by atoms with Gasteiger partial charge in [-0.25, -0.2) is 4.79 Å². The Kier molecular flexibility index (Phi) is 6.58. The van der Waals surface area contributed by atoms with Crippen molar-refractivity contribution in [3.63, 3.8) is 0 Å². The van der Waals surface area contributed by atoms with Gasteiger partial charge in [-0.2, -0.15) is 0 Å². The van der Waals surface area contributed by atoms with Gasteiger partial charge in [0, 0.05) is 15.5 Å². The highest BCUT2D eigenvalue weighted by Crippen LogP contribution is 2.32. The van der Waals surface area contributed by atoms with Crippen LogP contribution >= 0.6 is 22.9 Å². The van der Waals surface area contributed by atoms with E-state index in [1.807, 2.05) is 50.4 Å². The van der Waals surface area contributed by atoms with E-state index in [4.69, 9.17) is 16.3 Å². The number of anilines is 1. The maximum absolute atomic E-state index is 12.3. The van der Waals surface area contributed by atoms with Crippen molar-refractivity contribution < 1.29 is 19.6 Å². The molecule has 3 N–H and O–H groups in total. The monoisotopic (exact) mass is 381 g/mol. The number of nitrogens with one attached hydrogen (secondary N) is 1. The number of carbonyl (C=O) groups excluding carboxylic acids is 2. The molecule has 0 saturated heterocycles. The number of benzene rings is 1. The number of halogens is 1. The van der Waals surface area contributed by atoms with Crippen LogP contribution in [0.3, 0.4) is 0 Å². The zero-order chi connectivity index (χ0) is 18.6. The van der Waals surface area contributed by atoms with E-state index in [1.165, 1.54) is 18.4 Å². The second-order valence-corrected chi connectivity index (χ2v) is 7.47. The molecule has 5 nitrogen and oxygen atoms in total. The minimum atomic E-state index is -0.435. The van der Waals surface area contributed by atoms with Crippen LogP contribution in [0.1, 0.15) is 39.3 Å². The highest BCUT2D eigenvalue weighted by atomic mass is 35.5. The van der Waals surface area contributed by atoms with Gasteiger partial charge in [0.05, 0.1) is 12.7 Å². The highest BCUT2D eigenvalue weighted by Gasteiger charge is 2.22. The van der Waals surface area contributed by atoms with Crippen LogP contribution < -0.4 is 10.6 Å². The van der Waals surface area contributed by atoms with Crippen LogP contribution in [0.25, 0.3) is 0 Å². The lowest BCUT2D eigenvalue weighted by Crippen LogP contribution is -2.86. The average Bonchev–Trinajstić information content (AvgIpc) is 2.86. The number of nitrogens with two attached hydrogens (primary N) is 1. The maximum atomic E-state index is 12.3. The van der Waals surface area contributed by atoms with E-state index in [0.29, 0.717) is 15.6 Å². The zero-order valence-electron chi connectivity index (χ0n) is 14.7. The largest absolute Gasteiger partial charge is 0.465 e. The fourth-order valence-corrected chi connectivity index (χ4v) is 3.62. The van der Waals surface area contributed by atoms with Crippen LogP contribution in [0.15, 0.2) is 24.3 Å². The molecule has 0 spiro atoms. The molecule has 1 amide bonds. The van der Waals surface area contributed by atoms with Gasteiger partial charge in [-0.05, 0) is 38.5 Å². The van der Waals surface area contributed by atoms with E-state index in [-0.39, 0.29) is 18.5 Å². The van der Waals surface area contributed by atoms with Gasteiger partial charge in [-0.15, -0.1) is 11.3 Å². The number of carbonyl (C=O) groups is 2. The smallest absolute Gasteiger partial charge is 0.341 e. The number of methoxy groups -OCH3 is 1. The molecule has 0 aliphatic carbocycles. The van der Waals surface area contributed by atoms with E-state index in [1.54, 1.807) is 0 Å². The number of aryl methyl sites for hydroxylation is 1. The second-order valence-electron chi connectivity index (χ2n) is 5.81. The summed E-state index contributed by atoms with van der Waals surface area (Å²) in [5.74, 6) is -0.595. The normalized spacial score (nSPS) is 11.9. The fraction of sp³-hybridized carbons (Fsp3) is 0.333. The van der Waals surface area contributed by atoms with Gasteiger partial charge in [-0.3, -0.25) is 4.79 Å². The Morgan fingerprint density at radius 3 is 2.52 bits per heavy atom. The number of rotatable bonds is 6. The Hall–Kier alpha value is -1.89. The van der Waals surface area contributed by atoms with Crippen LogP contribution in [-0.2, 0) is 9.53 Å². The summed E-state index contributed by atoms with van der Waals surface area (Å²) in [6.07, 6.45) is 0. The van der Waals surface area contributed by atoms with Crippen molar-refractivity contribution in [1.82, 2.24) is 0 Å². The Morgan fingerprint density at radius 2 is 1.92 bits per heavy atom. The molecular formula is C18H22ClN2O3S+. The van der Waals surface area contributed by atoms with Crippen LogP contribution in [0.2, 0.25) is 5.02 Å². The van der Waals surface area contributed by atoms with E-state index in [0.717, 1.165) is 16.0 Å². The summed E-state index contributed by atoms with van der Waals surface area (Å²) < 4.78 is 4.82. The Labute approximate surface area is 156 Å². The molecule has 25 heavy (non-hydrogen) atoms. The van der Waals surface area contributed by atoms with Crippen molar-refractivity contribution in [3.8, 4) is 0 Å². The molecule has 1 aromatic heterocycles. The molecule has 0 aliphatic heterocycles. The van der Waals surface area contributed by atoms with E-state index >= 15 is 0 Å². The van der Waals surface area contributed by atoms with Crippen LogP contribution in [0, 0.1) is 13.8 Å². The number of amides is 1. The maximum Gasteiger partial charge on any atom is 0.341 e. The standard InChI is InChI=1S/C18H21ClN2O3S/c1-10-12(3)25-17(16(10)18(23)24-4)21-15(22)9-20-11(2)13-5-7-14(19)8-6-13/h5-8,11,20H,9H2,1-4H3,(H,21,22)/p+1/t11-/m0/s1. The molecule has 1 aromatic carbocycles. The molecule has 0 fully saturated rings. The summed E-state index contributed by atoms with van der Waals surface area (Å²) in [6, 6.07) is 7.68. The lowest BCUT2D eigenvalue weighted by Gasteiger charge is -2.11. The van der Waals surface area contributed by atoms with Crippen LogP contribution in [0.5, 0.6) is 0 Å². The first-order valence-corrected chi connectivity index (χ1v) is 9.09. The van der Waals surface area contributed by atoms with Gasteiger partial charge < -0.3 is 15.4 Å². The number of quaternary nitrogens is 1. The van der Waals surface area contributed by atoms with Crippen molar-refractivity contribution in [2.45, 2.75) is 26.8 Å². The summed E-state index contributed by atoms with van der Waals surface area (Å²) >= 11 is 7.27. The summed E-state index contributed by atoms with van der Waals surface area (Å²) in [7, 11) is 1.34.